The number of aliphatic hydroxyl groups is 1. The molecule has 0 aliphatic carbocycles. The van der Waals surface area contributed by atoms with E-state index in [0.717, 1.165) is 11.1 Å². The number of allylic oxidation sites excluding steroid dienone is 3. The van der Waals surface area contributed by atoms with E-state index in [0.29, 0.717) is 17.9 Å². The number of likely N-dealkylation sites (N-methyl/N-ethyl adjacent to an activating group) is 1. The number of rotatable bonds is 6. The van der Waals surface area contributed by atoms with Crippen molar-refractivity contribution in [2.24, 2.45) is 5.92 Å². The maximum Gasteiger partial charge on any atom is 0.409 e. The van der Waals surface area contributed by atoms with Crippen molar-refractivity contribution >= 4 is 41.2 Å². The Bertz CT molecular complexity index is 1520. The van der Waals surface area contributed by atoms with Crippen molar-refractivity contribution in [2.75, 3.05) is 33.2 Å². The Hall–Kier alpha value is -4.65. The standard InChI is InChI=1S/C35H47ClN3O10.Hs/c1-10-28(40)38(6)21(4)32(42)48-27-17-29(41)39(7)23-15-22(16-24(45-8)30(23)36)14-19(2)12-11-13-26(46-9)35(44)18-25(47-33(43)37-35)20(3)31-34(27,5)49-31;/h11-13,15-16,20-21,25-27,31,44H,1,10,14,17-18H2,2-9H3,(H,37,43);/q-1;/b13-11+,19-12+;/t20-,21+,25+,26-,27+,31+,34+,35+;/m1./s1. The van der Waals surface area contributed by atoms with E-state index in [9.17, 15) is 24.3 Å². The van der Waals surface area contributed by atoms with Crippen LogP contribution in [0.15, 0.2) is 35.9 Å². The van der Waals surface area contributed by atoms with Gasteiger partial charge >= 0.3 is 12.1 Å². The number of benzene rings is 1. The van der Waals surface area contributed by atoms with Crippen LogP contribution in [0.25, 0.3) is 0 Å². The van der Waals surface area contributed by atoms with Crippen LogP contribution >= 0.6 is 11.6 Å². The molecule has 3 aliphatic heterocycles. The predicted octanol–water partition coefficient (Wildman–Crippen LogP) is 3.74. The maximum atomic E-state index is 14.0. The summed E-state index contributed by atoms with van der Waals surface area (Å²) in [5, 5.41) is 14.4. The third-order valence-electron chi connectivity index (χ3n) is 9.74. The summed E-state index contributed by atoms with van der Waals surface area (Å²) in [4.78, 5) is 55.2. The molecule has 4 rings (SSSR count). The van der Waals surface area contributed by atoms with E-state index >= 15 is 0 Å². The van der Waals surface area contributed by atoms with Crippen LogP contribution in [0.2, 0.25) is 5.02 Å². The maximum absolute atomic E-state index is 14.0. The van der Waals surface area contributed by atoms with Crippen molar-refractivity contribution in [1.29, 1.82) is 0 Å². The molecule has 1 aromatic carbocycles. The van der Waals surface area contributed by atoms with E-state index in [1.165, 1.54) is 38.0 Å². The number of halogens is 1. The van der Waals surface area contributed by atoms with E-state index in [4.69, 9.17) is 35.3 Å². The molecule has 50 heavy (non-hydrogen) atoms. The Balaban J connectivity index is 0.00000676. The van der Waals surface area contributed by atoms with Crippen molar-refractivity contribution in [3.05, 3.63) is 53.4 Å². The number of amides is 3. The number of nitrogens with one attached hydrogen (secondary N) is 1. The summed E-state index contributed by atoms with van der Waals surface area (Å²) in [6.45, 7) is 10.5. The molecular weight excluding hydrogens is 927 g/mol. The van der Waals surface area contributed by atoms with Gasteiger partial charge < -0.3 is 45.5 Å². The van der Waals surface area contributed by atoms with Crippen molar-refractivity contribution in [1.82, 2.24) is 10.2 Å². The molecular formula is C35H47ClHsN3O10-. The Morgan fingerprint density at radius 3 is 2.58 bits per heavy atom. The van der Waals surface area contributed by atoms with Gasteiger partial charge in [-0.3, -0.25) is 14.9 Å². The Morgan fingerprint density at radius 1 is 1.28 bits per heavy atom. The Labute approximate surface area is 292 Å². The Morgan fingerprint density at radius 2 is 1.96 bits per heavy atom. The van der Waals surface area contributed by atoms with Gasteiger partial charge in [-0.2, -0.15) is 0 Å². The number of epoxide rings is 1. The molecule has 1 aromatic rings. The second-order valence-corrected chi connectivity index (χ2v) is 13.5. The average molecular weight is 974 g/mol. The number of fused-ring (bicyclic) bond motifs is 5. The molecule has 0 spiro atoms. The number of hydrogen-bond donors (Lipinski definition) is 2. The number of esters is 1. The van der Waals surface area contributed by atoms with Crippen LogP contribution in [-0.2, 0) is 39.8 Å². The molecule has 3 heterocycles. The quantitative estimate of drug-likeness (QED) is 0.245. The van der Waals surface area contributed by atoms with Crippen LogP contribution in [0.5, 0.6) is 5.75 Å². The average Bonchev–Trinajstić information content (AvgIpc) is 3.76. The second-order valence-electron chi connectivity index (χ2n) is 13.2. The molecule has 2 N–H and O–H groups in total. The molecule has 8 atom stereocenters. The zero-order valence-corrected chi connectivity index (χ0v) is 37.3. The summed E-state index contributed by atoms with van der Waals surface area (Å²) >= 11 is 6.72. The van der Waals surface area contributed by atoms with Gasteiger partial charge in [0, 0.05) is 33.5 Å². The van der Waals surface area contributed by atoms with E-state index < -0.39 is 65.7 Å². The number of nitrogens with zero attached hydrogens (tertiary/aromatic N) is 2. The molecule has 0 unspecified atom stereocenters. The van der Waals surface area contributed by atoms with Crippen LogP contribution in [0.4, 0.5) is 10.5 Å². The van der Waals surface area contributed by atoms with Crippen molar-refractivity contribution in [2.45, 2.75) is 95.2 Å². The molecule has 3 aliphatic rings. The predicted molar refractivity (Wildman–Crippen MR) is 181 cm³/mol. The van der Waals surface area contributed by atoms with Gasteiger partial charge in [-0.15, -0.1) is 6.42 Å². The van der Waals surface area contributed by atoms with Gasteiger partial charge in [-0.25, -0.2) is 9.59 Å². The minimum atomic E-state index is -1.82. The summed E-state index contributed by atoms with van der Waals surface area (Å²) in [6, 6.07) is 2.59. The minimum absolute atomic E-state index is 0. The van der Waals surface area contributed by atoms with Crippen LogP contribution in [0, 0.1) is 12.8 Å². The molecule has 0 radical (unpaired) electrons. The number of carbonyl (C=O) groups excluding carboxylic acids is 4. The first kappa shape index (κ1) is 39.8. The smallest absolute Gasteiger partial charge is 0.409 e. The number of anilines is 1. The van der Waals surface area contributed by atoms with Crippen LogP contribution < -0.4 is 15.0 Å². The third-order valence-corrected chi connectivity index (χ3v) is 10.1. The molecule has 13 nitrogen and oxygen atoms in total. The summed E-state index contributed by atoms with van der Waals surface area (Å²) in [5.74, 6) is -1.69. The van der Waals surface area contributed by atoms with E-state index in [2.05, 4.69) is 12.2 Å². The van der Waals surface area contributed by atoms with Crippen LogP contribution in [0.1, 0.15) is 52.5 Å². The van der Waals surface area contributed by atoms with Gasteiger partial charge in [-0.05, 0) is 44.9 Å². The largest absolute Gasteiger partial charge is 0.495 e. The molecule has 3 amide bonds. The fraction of sp³-hybridized carbons (Fsp3) is 0.571. The molecule has 2 fully saturated rings. The van der Waals surface area contributed by atoms with Crippen LogP contribution in [-0.4, -0.2) is 104 Å². The number of methoxy groups -OCH3 is 2. The molecule has 272 valence electrons. The zero-order valence-electron chi connectivity index (χ0n) is 30.0. The van der Waals surface area contributed by atoms with E-state index in [-0.39, 0.29) is 30.2 Å². The van der Waals surface area contributed by atoms with Gasteiger partial charge in [0.25, 0.3) is 0 Å². The second kappa shape index (κ2) is 15.5. The normalized spacial score (nSPS) is 32.1. The van der Waals surface area contributed by atoms with Gasteiger partial charge in [0.05, 0.1) is 25.3 Å². The third kappa shape index (κ3) is 8.04. The summed E-state index contributed by atoms with van der Waals surface area (Å²) < 4.78 is 29.0. The van der Waals surface area contributed by atoms with Gasteiger partial charge in [0.1, 0.15) is 40.7 Å². The number of ether oxygens (including phenoxy) is 5. The van der Waals surface area contributed by atoms with Crippen molar-refractivity contribution < 1.29 is 48.0 Å². The van der Waals surface area contributed by atoms with Gasteiger partial charge in [0.2, 0.25) is 5.91 Å². The fourth-order valence-corrected chi connectivity index (χ4v) is 6.71. The van der Waals surface area contributed by atoms with Crippen molar-refractivity contribution in [3.63, 3.8) is 0 Å². The minimum Gasteiger partial charge on any atom is -0.495 e. The fourth-order valence-electron chi connectivity index (χ4n) is 6.39. The zero-order chi connectivity index (χ0) is 36.4. The molecule has 4 bridgehead atoms. The molecule has 15 heteroatoms. The first-order valence-corrected chi connectivity index (χ1v) is 16.5. The molecule has 0 aromatic heterocycles. The first-order valence-electron chi connectivity index (χ1n) is 16.1. The van der Waals surface area contributed by atoms with Gasteiger partial charge in [-0.1, -0.05) is 42.3 Å². The number of alkyl carbamates (subject to hydrolysis) is 1. The Kier molecular flexibility index (Phi) is 12.3. The van der Waals surface area contributed by atoms with Gasteiger partial charge in [0.15, 0.2) is 11.6 Å². The van der Waals surface area contributed by atoms with E-state index in [1.807, 2.05) is 13.0 Å². The summed E-state index contributed by atoms with van der Waals surface area (Å²) in [7, 11) is 5.95. The summed E-state index contributed by atoms with van der Waals surface area (Å²) in [6.07, 6.45) is 0.895. The molecule has 2 saturated heterocycles. The number of hydrogen-bond acceptors (Lipinski definition) is 10. The number of carbonyl (C=O) groups is 4. The summed E-state index contributed by atoms with van der Waals surface area (Å²) in [5.41, 5.74) is -0.903. The van der Waals surface area contributed by atoms with E-state index in [1.54, 1.807) is 45.2 Å². The molecule has 0 saturated carbocycles. The topological polar surface area (TPSA) is 156 Å². The first-order chi connectivity index (χ1) is 23.0. The van der Waals surface area contributed by atoms with Crippen LogP contribution in [0.3, 0.4) is 0 Å². The monoisotopic (exact) mass is 973 g/mol. The van der Waals surface area contributed by atoms with Crippen molar-refractivity contribution in [3.8, 4) is 5.75 Å². The SMILES string of the molecule is [CH2-]CC(=O)N(C)[C@@H](C)C(=O)O[C@H]1CC(=O)N(C)c2cc(cc(OC)c2Cl)C/C(C)=C/C=C/[C@@H](OC)[C@@]2(O)C[C@H](OC(=O)N2)[C@@H](C)[C@@H]2O[C@@]12C.[Hs].